The lowest BCUT2D eigenvalue weighted by atomic mass is 9.79. The number of nitrogens with zero attached hydrogens (tertiary/aromatic N) is 1. The van der Waals surface area contributed by atoms with Crippen LogP contribution in [0.2, 0.25) is 0 Å². The number of amides is 1. The second-order valence-electron chi connectivity index (χ2n) is 5.55. The SMILES string of the molecule is CCC(CC)(CN)C(=O)N1CCCC(C)C1C. The summed E-state index contributed by atoms with van der Waals surface area (Å²) in [5.41, 5.74) is 5.54. The van der Waals surface area contributed by atoms with Crippen molar-refractivity contribution in [1.82, 2.24) is 4.90 Å². The van der Waals surface area contributed by atoms with Gasteiger partial charge in [-0.2, -0.15) is 0 Å². The molecule has 0 aliphatic carbocycles. The van der Waals surface area contributed by atoms with Crippen LogP contribution in [0.15, 0.2) is 0 Å². The maximum Gasteiger partial charge on any atom is 0.230 e. The molecule has 0 radical (unpaired) electrons. The van der Waals surface area contributed by atoms with Gasteiger partial charge in [-0.05, 0) is 38.5 Å². The van der Waals surface area contributed by atoms with Crippen LogP contribution in [0, 0.1) is 11.3 Å². The van der Waals surface area contributed by atoms with E-state index in [1.165, 1.54) is 6.42 Å². The topological polar surface area (TPSA) is 46.3 Å². The summed E-state index contributed by atoms with van der Waals surface area (Å²) in [4.78, 5) is 14.8. The molecule has 2 atom stereocenters. The summed E-state index contributed by atoms with van der Waals surface area (Å²) in [7, 11) is 0. The predicted molar refractivity (Wildman–Crippen MR) is 71.6 cm³/mol. The minimum atomic E-state index is -0.328. The number of nitrogens with two attached hydrogens (primary N) is 1. The van der Waals surface area contributed by atoms with Gasteiger partial charge in [-0.3, -0.25) is 4.79 Å². The lowest BCUT2D eigenvalue weighted by Gasteiger charge is -2.43. The van der Waals surface area contributed by atoms with Gasteiger partial charge in [0.2, 0.25) is 5.91 Å². The van der Waals surface area contributed by atoms with Crippen LogP contribution in [0.25, 0.3) is 0 Å². The Labute approximate surface area is 106 Å². The molecular weight excluding hydrogens is 212 g/mol. The molecule has 2 unspecified atom stereocenters. The Balaban J connectivity index is 2.86. The van der Waals surface area contributed by atoms with Crippen LogP contribution < -0.4 is 5.73 Å². The van der Waals surface area contributed by atoms with Crippen molar-refractivity contribution in [2.24, 2.45) is 17.1 Å². The highest BCUT2D eigenvalue weighted by atomic mass is 16.2. The van der Waals surface area contributed by atoms with E-state index in [1.54, 1.807) is 0 Å². The molecule has 1 saturated heterocycles. The summed E-state index contributed by atoms with van der Waals surface area (Å²) >= 11 is 0. The van der Waals surface area contributed by atoms with Crippen molar-refractivity contribution >= 4 is 5.91 Å². The quantitative estimate of drug-likeness (QED) is 0.820. The zero-order valence-corrected chi connectivity index (χ0v) is 11.8. The first-order valence-corrected chi connectivity index (χ1v) is 7.03. The van der Waals surface area contributed by atoms with E-state index in [0.717, 1.165) is 25.8 Å². The summed E-state index contributed by atoms with van der Waals surface area (Å²) in [6.45, 7) is 9.95. The minimum absolute atomic E-state index is 0.282. The highest BCUT2D eigenvalue weighted by Gasteiger charge is 2.40. The molecule has 1 aliphatic heterocycles. The fourth-order valence-electron chi connectivity index (χ4n) is 2.86. The number of carbonyl (C=O) groups is 1. The molecule has 0 aromatic carbocycles. The minimum Gasteiger partial charge on any atom is -0.339 e. The van der Waals surface area contributed by atoms with Gasteiger partial charge in [0, 0.05) is 19.1 Å². The lowest BCUT2D eigenvalue weighted by molar-refractivity contribution is -0.147. The van der Waals surface area contributed by atoms with E-state index in [-0.39, 0.29) is 11.3 Å². The Bertz CT molecular complexity index is 253. The van der Waals surface area contributed by atoms with Crippen molar-refractivity contribution in [1.29, 1.82) is 0 Å². The van der Waals surface area contributed by atoms with Crippen molar-refractivity contribution in [3.63, 3.8) is 0 Å². The smallest absolute Gasteiger partial charge is 0.230 e. The van der Waals surface area contributed by atoms with Crippen LogP contribution in [-0.2, 0) is 4.79 Å². The van der Waals surface area contributed by atoms with E-state index in [1.807, 2.05) is 0 Å². The van der Waals surface area contributed by atoms with Crippen LogP contribution >= 0.6 is 0 Å². The lowest BCUT2D eigenvalue weighted by Crippen LogP contribution is -2.54. The number of likely N-dealkylation sites (tertiary alicyclic amines) is 1. The Morgan fingerprint density at radius 2 is 1.94 bits per heavy atom. The molecule has 17 heavy (non-hydrogen) atoms. The van der Waals surface area contributed by atoms with Gasteiger partial charge in [-0.25, -0.2) is 0 Å². The van der Waals surface area contributed by atoms with Gasteiger partial charge in [0.1, 0.15) is 0 Å². The standard InChI is InChI=1S/C14H28N2O/c1-5-14(6-2,10-15)13(17)16-9-7-8-11(3)12(16)4/h11-12H,5-10,15H2,1-4H3. The number of hydrogen-bond donors (Lipinski definition) is 1. The Hall–Kier alpha value is -0.570. The Kier molecular flexibility index (Phi) is 4.99. The summed E-state index contributed by atoms with van der Waals surface area (Å²) < 4.78 is 0. The summed E-state index contributed by atoms with van der Waals surface area (Å²) in [6.07, 6.45) is 4.05. The van der Waals surface area contributed by atoms with Crippen LogP contribution in [0.1, 0.15) is 53.4 Å². The second kappa shape index (κ2) is 5.85. The maximum atomic E-state index is 12.7. The first kappa shape index (κ1) is 14.5. The van der Waals surface area contributed by atoms with Gasteiger partial charge < -0.3 is 10.6 Å². The summed E-state index contributed by atoms with van der Waals surface area (Å²) in [5, 5.41) is 0. The molecule has 1 amide bonds. The molecule has 100 valence electrons. The van der Waals surface area contributed by atoms with Crippen LogP contribution in [-0.4, -0.2) is 29.9 Å². The van der Waals surface area contributed by atoms with Gasteiger partial charge in [0.25, 0.3) is 0 Å². The van der Waals surface area contributed by atoms with E-state index in [4.69, 9.17) is 5.73 Å². The molecule has 1 aliphatic rings. The van der Waals surface area contributed by atoms with Crippen molar-refractivity contribution in [3.05, 3.63) is 0 Å². The van der Waals surface area contributed by atoms with E-state index < -0.39 is 0 Å². The molecule has 0 saturated carbocycles. The fraction of sp³-hybridized carbons (Fsp3) is 0.929. The molecular formula is C14H28N2O. The van der Waals surface area contributed by atoms with Crippen LogP contribution in [0.3, 0.4) is 0 Å². The van der Waals surface area contributed by atoms with Gasteiger partial charge in [-0.15, -0.1) is 0 Å². The molecule has 0 spiro atoms. The Morgan fingerprint density at radius 3 is 2.41 bits per heavy atom. The van der Waals surface area contributed by atoms with Gasteiger partial charge in [-0.1, -0.05) is 20.8 Å². The van der Waals surface area contributed by atoms with E-state index in [2.05, 4.69) is 32.6 Å². The zero-order chi connectivity index (χ0) is 13.1. The third-order valence-corrected chi connectivity index (χ3v) is 4.83. The van der Waals surface area contributed by atoms with E-state index in [9.17, 15) is 4.79 Å². The normalized spacial score (nSPS) is 26.1. The zero-order valence-electron chi connectivity index (χ0n) is 11.8. The average molecular weight is 240 g/mol. The highest BCUT2D eigenvalue weighted by Crippen LogP contribution is 2.32. The predicted octanol–water partition coefficient (Wildman–Crippen LogP) is 2.40. The monoisotopic (exact) mass is 240 g/mol. The maximum absolute atomic E-state index is 12.7. The molecule has 0 aromatic rings. The molecule has 3 nitrogen and oxygen atoms in total. The van der Waals surface area contributed by atoms with E-state index in [0.29, 0.717) is 18.5 Å². The third-order valence-electron chi connectivity index (χ3n) is 4.83. The number of piperidine rings is 1. The number of hydrogen-bond acceptors (Lipinski definition) is 2. The van der Waals surface area contributed by atoms with Crippen LogP contribution in [0.5, 0.6) is 0 Å². The van der Waals surface area contributed by atoms with E-state index >= 15 is 0 Å². The summed E-state index contributed by atoms with van der Waals surface area (Å²) in [5.74, 6) is 0.890. The molecule has 0 bridgehead atoms. The average Bonchev–Trinajstić information content (AvgIpc) is 2.35. The van der Waals surface area contributed by atoms with Gasteiger partial charge in [0.15, 0.2) is 0 Å². The highest BCUT2D eigenvalue weighted by molar-refractivity contribution is 5.83. The van der Waals surface area contributed by atoms with Crippen molar-refractivity contribution < 1.29 is 4.79 Å². The van der Waals surface area contributed by atoms with Crippen molar-refractivity contribution in [2.75, 3.05) is 13.1 Å². The van der Waals surface area contributed by atoms with Crippen molar-refractivity contribution in [2.45, 2.75) is 59.4 Å². The third kappa shape index (κ3) is 2.65. The fourth-order valence-corrected chi connectivity index (χ4v) is 2.86. The van der Waals surface area contributed by atoms with Crippen LogP contribution in [0.4, 0.5) is 0 Å². The molecule has 3 heteroatoms. The van der Waals surface area contributed by atoms with Gasteiger partial charge >= 0.3 is 0 Å². The molecule has 2 N–H and O–H groups in total. The first-order chi connectivity index (χ1) is 8.02. The molecule has 0 aromatic heterocycles. The first-order valence-electron chi connectivity index (χ1n) is 7.03. The second-order valence-corrected chi connectivity index (χ2v) is 5.55. The largest absolute Gasteiger partial charge is 0.339 e. The molecule has 1 fully saturated rings. The van der Waals surface area contributed by atoms with Crippen molar-refractivity contribution in [3.8, 4) is 0 Å². The molecule has 1 rings (SSSR count). The number of rotatable bonds is 4. The molecule has 1 heterocycles. The van der Waals surface area contributed by atoms with Gasteiger partial charge in [0.05, 0.1) is 5.41 Å². The Morgan fingerprint density at radius 1 is 1.35 bits per heavy atom. The number of carbonyl (C=O) groups excluding carboxylic acids is 1. The summed E-state index contributed by atoms with van der Waals surface area (Å²) in [6, 6.07) is 0.361.